The van der Waals surface area contributed by atoms with Crippen LogP contribution in [0, 0.1) is 0 Å². The SMILES string of the molecule is CCNC(=NCc1ccc(OC)cc1OC)NCCCc1nc(C(C)C)no1. The van der Waals surface area contributed by atoms with Crippen LogP contribution in [0.4, 0.5) is 0 Å². The van der Waals surface area contributed by atoms with Crippen molar-refractivity contribution in [3.8, 4) is 11.5 Å². The molecule has 0 amide bonds. The van der Waals surface area contributed by atoms with E-state index in [2.05, 4.69) is 25.8 Å². The maximum absolute atomic E-state index is 5.43. The normalized spacial score (nSPS) is 11.6. The van der Waals surface area contributed by atoms with Crippen LogP contribution in [0.1, 0.15) is 50.4 Å². The Morgan fingerprint density at radius 1 is 1.21 bits per heavy atom. The molecule has 0 aliphatic rings. The number of methoxy groups -OCH3 is 2. The first kappa shape index (κ1) is 21.5. The van der Waals surface area contributed by atoms with Crippen molar-refractivity contribution >= 4 is 5.96 Å². The van der Waals surface area contributed by atoms with Gasteiger partial charge >= 0.3 is 0 Å². The van der Waals surface area contributed by atoms with Crippen molar-refractivity contribution in [1.29, 1.82) is 0 Å². The lowest BCUT2D eigenvalue weighted by Crippen LogP contribution is -2.37. The van der Waals surface area contributed by atoms with E-state index in [0.29, 0.717) is 12.4 Å². The van der Waals surface area contributed by atoms with Gasteiger partial charge in [0.15, 0.2) is 11.8 Å². The van der Waals surface area contributed by atoms with E-state index in [1.807, 2.05) is 39.0 Å². The second-order valence-electron chi connectivity index (χ2n) is 6.60. The van der Waals surface area contributed by atoms with Crippen LogP contribution in [0.2, 0.25) is 0 Å². The molecule has 8 nitrogen and oxygen atoms in total. The van der Waals surface area contributed by atoms with E-state index < -0.39 is 0 Å². The fourth-order valence-electron chi connectivity index (χ4n) is 2.54. The van der Waals surface area contributed by atoms with Crippen LogP contribution in [0.15, 0.2) is 27.7 Å². The average Bonchev–Trinajstić information content (AvgIpc) is 3.18. The molecule has 2 N–H and O–H groups in total. The molecule has 1 aromatic heterocycles. The maximum Gasteiger partial charge on any atom is 0.226 e. The molecule has 0 bridgehead atoms. The molecule has 0 fully saturated rings. The second-order valence-corrected chi connectivity index (χ2v) is 6.60. The Balaban J connectivity index is 1.88. The highest BCUT2D eigenvalue weighted by atomic mass is 16.5. The second kappa shape index (κ2) is 11.2. The molecule has 8 heteroatoms. The molecular formula is C20H31N5O3. The van der Waals surface area contributed by atoms with Crippen molar-refractivity contribution < 1.29 is 14.0 Å². The molecule has 0 radical (unpaired) electrons. The van der Waals surface area contributed by atoms with Crippen molar-refractivity contribution in [3.05, 3.63) is 35.5 Å². The first-order chi connectivity index (χ1) is 13.6. The number of ether oxygens (including phenoxy) is 2. The van der Waals surface area contributed by atoms with E-state index >= 15 is 0 Å². The van der Waals surface area contributed by atoms with Gasteiger partial charge in [0.05, 0.1) is 20.8 Å². The number of rotatable bonds is 10. The Bertz CT molecular complexity index is 758. The molecule has 0 atom stereocenters. The smallest absolute Gasteiger partial charge is 0.226 e. The number of aromatic nitrogens is 2. The van der Waals surface area contributed by atoms with Gasteiger partial charge in [0, 0.05) is 37.1 Å². The lowest BCUT2D eigenvalue weighted by molar-refractivity contribution is 0.368. The summed E-state index contributed by atoms with van der Waals surface area (Å²) in [5.74, 6) is 3.99. The van der Waals surface area contributed by atoms with Gasteiger partial charge in [-0.1, -0.05) is 19.0 Å². The Labute approximate surface area is 166 Å². The molecule has 0 unspecified atom stereocenters. The Morgan fingerprint density at radius 3 is 2.68 bits per heavy atom. The van der Waals surface area contributed by atoms with E-state index in [1.54, 1.807) is 14.2 Å². The van der Waals surface area contributed by atoms with E-state index in [4.69, 9.17) is 14.0 Å². The molecule has 2 aromatic rings. The molecule has 0 aliphatic heterocycles. The van der Waals surface area contributed by atoms with E-state index in [-0.39, 0.29) is 5.92 Å². The van der Waals surface area contributed by atoms with Crippen molar-refractivity contribution in [3.63, 3.8) is 0 Å². The number of aliphatic imine (C=N–C) groups is 1. The molecule has 0 spiro atoms. The highest BCUT2D eigenvalue weighted by molar-refractivity contribution is 5.79. The summed E-state index contributed by atoms with van der Waals surface area (Å²) in [4.78, 5) is 9.04. The van der Waals surface area contributed by atoms with Crippen LogP contribution in [-0.2, 0) is 13.0 Å². The average molecular weight is 390 g/mol. The predicted octanol–water partition coefficient (Wildman–Crippen LogP) is 2.90. The van der Waals surface area contributed by atoms with Gasteiger partial charge in [-0.3, -0.25) is 0 Å². The zero-order valence-electron chi connectivity index (χ0n) is 17.4. The topological polar surface area (TPSA) is 93.8 Å². The lowest BCUT2D eigenvalue weighted by Gasteiger charge is -2.12. The molecule has 154 valence electrons. The fraction of sp³-hybridized carbons (Fsp3) is 0.550. The van der Waals surface area contributed by atoms with Gasteiger partial charge in [0.25, 0.3) is 0 Å². The van der Waals surface area contributed by atoms with Gasteiger partial charge in [-0.2, -0.15) is 4.98 Å². The van der Waals surface area contributed by atoms with Crippen molar-refractivity contribution in [2.45, 2.75) is 46.1 Å². The highest BCUT2D eigenvalue weighted by Crippen LogP contribution is 2.25. The van der Waals surface area contributed by atoms with E-state index in [9.17, 15) is 0 Å². The minimum atomic E-state index is 0.276. The van der Waals surface area contributed by atoms with Crippen molar-refractivity contribution in [2.75, 3.05) is 27.3 Å². The van der Waals surface area contributed by atoms with Crippen LogP contribution in [0.25, 0.3) is 0 Å². The summed E-state index contributed by atoms with van der Waals surface area (Å²) in [5.41, 5.74) is 0.993. The van der Waals surface area contributed by atoms with Gasteiger partial charge in [0.1, 0.15) is 11.5 Å². The quantitative estimate of drug-likeness (QED) is 0.366. The fourth-order valence-corrected chi connectivity index (χ4v) is 2.54. The zero-order valence-corrected chi connectivity index (χ0v) is 17.4. The summed E-state index contributed by atoms with van der Waals surface area (Å²) in [5, 5.41) is 10.6. The van der Waals surface area contributed by atoms with Gasteiger partial charge in [-0.05, 0) is 25.5 Å². The van der Waals surface area contributed by atoms with Crippen LogP contribution in [-0.4, -0.2) is 43.4 Å². The maximum atomic E-state index is 5.43. The van der Waals surface area contributed by atoms with Crippen LogP contribution in [0.3, 0.4) is 0 Å². The lowest BCUT2D eigenvalue weighted by atomic mass is 10.2. The third-order valence-corrected chi connectivity index (χ3v) is 4.11. The molecule has 0 saturated heterocycles. The third kappa shape index (κ3) is 6.44. The monoisotopic (exact) mass is 389 g/mol. The van der Waals surface area contributed by atoms with Gasteiger partial charge in [0.2, 0.25) is 5.89 Å². The Hall–Kier alpha value is -2.77. The first-order valence-electron chi connectivity index (χ1n) is 9.62. The Morgan fingerprint density at radius 2 is 2.04 bits per heavy atom. The Kier molecular flexibility index (Phi) is 8.58. The third-order valence-electron chi connectivity index (χ3n) is 4.11. The number of nitrogens with zero attached hydrogens (tertiary/aromatic N) is 3. The molecule has 1 heterocycles. The van der Waals surface area contributed by atoms with Crippen molar-refractivity contribution in [1.82, 2.24) is 20.8 Å². The van der Waals surface area contributed by atoms with E-state index in [1.165, 1.54) is 0 Å². The van der Waals surface area contributed by atoms with Crippen LogP contribution in [0.5, 0.6) is 11.5 Å². The standard InChI is InChI=1S/C20H31N5O3/c1-6-21-20(22-11-7-8-18-24-19(14(2)3)25-28-18)23-13-15-9-10-16(26-4)12-17(15)27-5/h9-10,12,14H,6-8,11,13H2,1-5H3,(H2,21,22,23). The number of hydrogen-bond acceptors (Lipinski definition) is 6. The number of hydrogen-bond donors (Lipinski definition) is 2. The number of benzene rings is 1. The molecule has 1 aromatic carbocycles. The number of aryl methyl sites for hydroxylation is 1. The van der Waals surface area contributed by atoms with Crippen LogP contribution >= 0.6 is 0 Å². The van der Waals surface area contributed by atoms with Gasteiger partial charge in [-0.15, -0.1) is 0 Å². The summed E-state index contributed by atoms with van der Waals surface area (Å²) in [6.07, 6.45) is 1.61. The van der Waals surface area contributed by atoms with Crippen molar-refractivity contribution in [2.24, 2.45) is 4.99 Å². The minimum Gasteiger partial charge on any atom is -0.497 e. The van der Waals surface area contributed by atoms with Gasteiger partial charge in [-0.25, -0.2) is 4.99 Å². The first-order valence-corrected chi connectivity index (χ1v) is 9.62. The minimum absolute atomic E-state index is 0.276. The summed E-state index contributed by atoms with van der Waals surface area (Å²) in [6.45, 7) is 8.18. The zero-order chi connectivity index (χ0) is 20.4. The molecule has 2 rings (SSSR count). The molecule has 28 heavy (non-hydrogen) atoms. The largest absolute Gasteiger partial charge is 0.497 e. The van der Waals surface area contributed by atoms with E-state index in [0.717, 1.165) is 54.8 Å². The summed E-state index contributed by atoms with van der Waals surface area (Å²) >= 11 is 0. The van der Waals surface area contributed by atoms with Crippen LogP contribution < -0.4 is 20.1 Å². The van der Waals surface area contributed by atoms with Gasteiger partial charge < -0.3 is 24.6 Å². The molecule has 0 saturated carbocycles. The summed E-state index contributed by atoms with van der Waals surface area (Å²) in [6, 6.07) is 5.73. The molecular weight excluding hydrogens is 358 g/mol. The summed E-state index contributed by atoms with van der Waals surface area (Å²) in [7, 11) is 3.28. The number of nitrogens with one attached hydrogen (secondary N) is 2. The highest BCUT2D eigenvalue weighted by Gasteiger charge is 2.09. The number of guanidine groups is 1. The molecule has 0 aliphatic carbocycles. The predicted molar refractivity (Wildman–Crippen MR) is 109 cm³/mol. The summed E-state index contributed by atoms with van der Waals surface area (Å²) < 4.78 is 15.9.